The SMILES string of the molecule is CC(C)C1CNC(C2CC2)CN1C1CC2CCC1C2. The molecule has 0 aromatic heterocycles. The summed E-state index contributed by atoms with van der Waals surface area (Å²) >= 11 is 0. The van der Waals surface area contributed by atoms with E-state index < -0.39 is 0 Å². The van der Waals surface area contributed by atoms with E-state index >= 15 is 0 Å². The summed E-state index contributed by atoms with van der Waals surface area (Å²) in [5.41, 5.74) is 0. The van der Waals surface area contributed by atoms with Crippen molar-refractivity contribution in [2.75, 3.05) is 13.1 Å². The number of fused-ring (bicyclic) bond motifs is 2. The molecule has 1 N–H and O–H groups in total. The average molecular weight is 262 g/mol. The van der Waals surface area contributed by atoms with Crippen LogP contribution in [0.1, 0.15) is 52.4 Å². The summed E-state index contributed by atoms with van der Waals surface area (Å²) in [7, 11) is 0. The van der Waals surface area contributed by atoms with Crippen LogP contribution in [0.4, 0.5) is 0 Å². The molecule has 3 saturated carbocycles. The lowest BCUT2D eigenvalue weighted by Crippen LogP contribution is -2.62. The molecule has 2 nitrogen and oxygen atoms in total. The molecule has 0 spiro atoms. The van der Waals surface area contributed by atoms with E-state index in [1.807, 2.05) is 0 Å². The maximum absolute atomic E-state index is 3.87. The molecular weight excluding hydrogens is 232 g/mol. The second kappa shape index (κ2) is 4.73. The molecule has 2 heteroatoms. The first-order valence-electron chi connectivity index (χ1n) is 8.71. The summed E-state index contributed by atoms with van der Waals surface area (Å²) in [5, 5.41) is 3.87. The van der Waals surface area contributed by atoms with Crippen molar-refractivity contribution >= 4 is 0 Å². The zero-order valence-electron chi connectivity index (χ0n) is 12.6. The van der Waals surface area contributed by atoms with Crippen LogP contribution in [0.15, 0.2) is 0 Å². The fourth-order valence-electron chi connectivity index (χ4n) is 5.25. The quantitative estimate of drug-likeness (QED) is 0.841. The maximum Gasteiger partial charge on any atom is 0.0247 e. The van der Waals surface area contributed by atoms with Crippen molar-refractivity contribution in [1.29, 1.82) is 0 Å². The second-order valence-corrected chi connectivity index (χ2v) is 8.10. The Kier molecular flexibility index (Phi) is 3.15. The van der Waals surface area contributed by atoms with Gasteiger partial charge in [0.05, 0.1) is 0 Å². The van der Waals surface area contributed by atoms with E-state index in [0.29, 0.717) is 0 Å². The molecule has 4 aliphatic rings. The molecule has 0 radical (unpaired) electrons. The number of hydrogen-bond acceptors (Lipinski definition) is 2. The summed E-state index contributed by atoms with van der Waals surface area (Å²) in [4.78, 5) is 2.97. The van der Waals surface area contributed by atoms with Gasteiger partial charge in [0.2, 0.25) is 0 Å². The topological polar surface area (TPSA) is 15.3 Å². The Hall–Kier alpha value is -0.0800. The van der Waals surface area contributed by atoms with Crippen molar-refractivity contribution in [2.45, 2.75) is 70.5 Å². The van der Waals surface area contributed by atoms with Crippen molar-refractivity contribution in [3.05, 3.63) is 0 Å². The predicted octanol–water partition coefficient (Wildman–Crippen LogP) is 2.88. The van der Waals surface area contributed by atoms with Gasteiger partial charge in [0.25, 0.3) is 0 Å². The molecule has 4 rings (SSSR count). The van der Waals surface area contributed by atoms with Crippen LogP contribution < -0.4 is 5.32 Å². The maximum atomic E-state index is 3.87. The Morgan fingerprint density at radius 1 is 1.00 bits per heavy atom. The van der Waals surface area contributed by atoms with Gasteiger partial charge in [-0.15, -0.1) is 0 Å². The Morgan fingerprint density at radius 3 is 2.37 bits per heavy atom. The molecule has 3 aliphatic carbocycles. The third-order valence-corrected chi connectivity index (χ3v) is 6.51. The number of hydrogen-bond donors (Lipinski definition) is 1. The molecule has 5 unspecified atom stereocenters. The summed E-state index contributed by atoms with van der Waals surface area (Å²) in [6.45, 7) is 7.43. The van der Waals surface area contributed by atoms with Gasteiger partial charge in [-0.05, 0) is 55.8 Å². The first-order valence-corrected chi connectivity index (χ1v) is 8.71. The monoisotopic (exact) mass is 262 g/mol. The number of nitrogens with one attached hydrogen (secondary N) is 1. The van der Waals surface area contributed by atoms with Crippen LogP contribution in [-0.4, -0.2) is 36.1 Å². The van der Waals surface area contributed by atoms with Gasteiger partial charge in [0.1, 0.15) is 0 Å². The Bertz CT molecular complexity index is 336. The van der Waals surface area contributed by atoms with Crippen LogP contribution in [0.5, 0.6) is 0 Å². The largest absolute Gasteiger partial charge is 0.311 e. The summed E-state index contributed by atoms with van der Waals surface area (Å²) in [6, 6.07) is 2.54. The lowest BCUT2D eigenvalue weighted by atomic mass is 9.88. The van der Waals surface area contributed by atoms with Gasteiger partial charge in [-0.1, -0.05) is 20.3 Å². The fourth-order valence-corrected chi connectivity index (χ4v) is 5.25. The third-order valence-electron chi connectivity index (χ3n) is 6.51. The van der Waals surface area contributed by atoms with E-state index in [2.05, 4.69) is 24.1 Å². The van der Waals surface area contributed by atoms with Crippen LogP contribution >= 0.6 is 0 Å². The Morgan fingerprint density at radius 2 is 1.79 bits per heavy atom. The van der Waals surface area contributed by atoms with Gasteiger partial charge in [-0.25, -0.2) is 0 Å². The first-order chi connectivity index (χ1) is 9.22. The van der Waals surface area contributed by atoms with Crippen molar-refractivity contribution in [1.82, 2.24) is 10.2 Å². The normalized spacial score (nSPS) is 47.2. The van der Waals surface area contributed by atoms with E-state index in [4.69, 9.17) is 0 Å². The lowest BCUT2D eigenvalue weighted by molar-refractivity contribution is 0.0276. The molecule has 108 valence electrons. The Balaban J connectivity index is 1.50. The summed E-state index contributed by atoms with van der Waals surface area (Å²) in [6.07, 6.45) is 9.09. The van der Waals surface area contributed by atoms with Crippen LogP contribution in [0.3, 0.4) is 0 Å². The van der Waals surface area contributed by atoms with Crippen LogP contribution in [-0.2, 0) is 0 Å². The Labute approximate surface area is 118 Å². The smallest absolute Gasteiger partial charge is 0.0247 e. The lowest BCUT2D eigenvalue weighted by Gasteiger charge is -2.48. The van der Waals surface area contributed by atoms with Crippen molar-refractivity contribution in [3.8, 4) is 0 Å². The van der Waals surface area contributed by atoms with Crippen LogP contribution in [0, 0.1) is 23.7 Å². The number of piperazine rings is 1. The van der Waals surface area contributed by atoms with Gasteiger partial charge in [-0.3, -0.25) is 4.90 Å². The summed E-state index contributed by atoms with van der Waals surface area (Å²) < 4.78 is 0. The number of nitrogens with zero attached hydrogens (tertiary/aromatic N) is 1. The standard InChI is InChI=1S/C17H30N2/c1-11(2)17-9-18-15(13-5-6-13)10-19(17)16-8-12-3-4-14(16)7-12/h11-18H,3-10H2,1-2H3. The molecular formula is C17H30N2. The van der Waals surface area contributed by atoms with E-state index in [1.165, 1.54) is 45.2 Å². The minimum Gasteiger partial charge on any atom is -0.311 e. The van der Waals surface area contributed by atoms with Crippen molar-refractivity contribution < 1.29 is 0 Å². The molecule has 2 bridgehead atoms. The highest BCUT2D eigenvalue weighted by molar-refractivity contribution is 5.02. The fraction of sp³-hybridized carbons (Fsp3) is 1.00. The highest BCUT2D eigenvalue weighted by atomic mass is 15.3. The molecule has 4 fully saturated rings. The van der Waals surface area contributed by atoms with Gasteiger partial charge >= 0.3 is 0 Å². The molecule has 1 aliphatic heterocycles. The zero-order valence-corrected chi connectivity index (χ0v) is 12.6. The molecule has 0 aromatic carbocycles. The van der Waals surface area contributed by atoms with Gasteiger partial charge in [0, 0.05) is 31.2 Å². The average Bonchev–Trinajstić information content (AvgIpc) is 3.06. The zero-order chi connectivity index (χ0) is 13.0. The molecule has 0 amide bonds. The predicted molar refractivity (Wildman–Crippen MR) is 79.1 cm³/mol. The van der Waals surface area contributed by atoms with Gasteiger partial charge < -0.3 is 5.32 Å². The van der Waals surface area contributed by atoms with Gasteiger partial charge in [0.15, 0.2) is 0 Å². The van der Waals surface area contributed by atoms with Crippen molar-refractivity contribution in [2.24, 2.45) is 23.7 Å². The molecule has 5 atom stereocenters. The third kappa shape index (κ3) is 2.25. The first kappa shape index (κ1) is 12.6. The minimum atomic E-state index is 0.791. The van der Waals surface area contributed by atoms with Crippen LogP contribution in [0.25, 0.3) is 0 Å². The van der Waals surface area contributed by atoms with E-state index in [-0.39, 0.29) is 0 Å². The van der Waals surface area contributed by atoms with Crippen molar-refractivity contribution in [3.63, 3.8) is 0 Å². The van der Waals surface area contributed by atoms with Crippen LogP contribution in [0.2, 0.25) is 0 Å². The highest BCUT2D eigenvalue weighted by Crippen LogP contribution is 2.48. The molecule has 0 aromatic rings. The summed E-state index contributed by atoms with van der Waals surface area (Å²) in [5.74, 6) is 3.93. The molecule has 1 heterocycles. The minimum absolute atomic E-state index is 0.791. The second-order valence-electron chi connectivity index (χ2n) is 8.10. The van der Waals surface area contributed by atoms with Gasteiger partial charge in [-0.2, -0.15) is 0 Å². The molecule has 1 saturated heterocycles. The van der Waals surface area contributed by atoms with E-state index in [9.17, 15) is 0 Å². The van der Waals surface area contributed by atoms with E-state index in [1.54, 1.807) is 6.42 Å². The van der Waals surface area contributed by atoms with E-state index in [0.717, 1.165) is 41.8 Å². The number of rotatable bonds is 3. The highest BCUT2D eigenvalue weighted by Gasteiger charge is 2.47. The molecule has 19 heavy (non-hydrogen) atoms.